The molecule has 0 radical (unpaired) electrons. The van der Waals surface area contributed by atoms with E-state index in [2.05, 4.69) is 15.9 Å². The van der Waals surface area contributed by atoms with Crippen molar-refractivity contribution in [1.29, 1.82) is 0 Å². The number of aliphatic hydroxyl groups is 1. The van der Waals surface area contributed by atoms with Gasteiger partial charge in [-0.25, -0.2) is 0 Å². The zero-order chi connectivity index (χ0) is 18.6. The molecule has 144 valence electrons. The average Bonchev–Trinajstić information content (AvgIpc) is 2.94. The number of piperazine rings is 1. The second kappa shape index (κ2) is 8.38. The van der Waals surface area contributed by atoms with Crippen molar-refractivity contribution in [3.63, 3.8) is 0 Å². The molecule has 0 amide bonds. The van der Waals surface area contributed by atoms with Gasteiger partial charge in [0, 0.05) is 39.1 Å². The third-order valence-electron chi connectivity index (χ3n) is 5.15. The molecule has 1 saturated heterocycles. The largest absolute Gasteiger partial charge is 0.490 e. The van der Waals surface area contributed by atoms with Crippen molar-refractivity contribution < 1.29 is 14.6 Å². The minimum Gasteiger partial charge on any atom is -0.490 e. The average molecular weight is 389 g/mol. The van der Waals surface area contributed by atoms with Crippen LogP contribution in [0.4, 0.5) is 5.69 Å². The first-order chi connectivity index (χ1) is 13.2. The highest BCUT2D eigenvalue weighted by Gasteiger charge is 2.22. The van der Waals surface area contributed by atoms with Crippen LogP contribution in [0.5, 0.6) is 11.5 Å². The number of fused-ring (bicyclic) bond motifs is 1. The van der Waals surface area contributed by atoms with E-state index < -0.39 is 6.10 Å². The predicted octanol–water partition coefficient (Wildman–Crippen LogP) is 3.36. The molecule has 2 aliphatic heterocycles. The number of β-amino-alcohol motifs (C(OH)–C–C–N with tert-alkyl or cyclic N) is 1. The Morgan fingerprint density at radius 2 is 1.70 bits per heavy atom. The number of ether oxygens (including phenoxy) is 2. The summed E-state index contributed by atoms with van der Waals surface area (Å²) in [5, 5.41) is 11.5. The SMILES string of the molecule is O[C@@H](CN1CCN(c2ccccc2Cl)CC1)c1ccc2c(c1)OCCCO2. The van der Waals surface area contributed by atoms with Crippen molar-refractivity contribution in [1.82, 2.24) is 4.90 Å². The van der Waals surface area contributed by atoms with Crippen molar-refractivity contribution in [2.24, 2.45) is 0 Å². The van der Waals surface area contributed by atoms with Crippen LogP contribution < -0.4 is 14.4 Å². The number of benzene rings is 2. The predicted molar refractivity (Wildman–Crippen MR) is 107 cm³/mol. The minimum absolute atomic E-state index is 0.547. The molecule has 4 rings (SSSR count). The number of hydrogen-bond acceptors (Lipinski definition) is 5. The molecule has 0 bridgehead atoms. The van der Waals surface area contributed by atoms with E-state index in [1.54, 1.807) is 0 Å². The van der Waals surface area contributed by atoms with Crippen LogP contribution in [-0.2, 0) is 0 Å². The fourth-order valence-electron chi connectivity index (χ4n) is 3.62. The van der Waals surface area contributed by atoms with Crippen LogP contribution in [0.1, 0.15) is 18.1 Å². The second-order valence-electron chi connectivity index (χ2n) is 7.01. The van der Waals surface area contributed by atoms with Crippen molar-refractivity contribution in [3.05, 3.63) is 53.1 Å². The second-order valence-corrected chi connectivity index (χ2v) is 7.42. The fourth-order valence-corrected chi connectivity index (χ4v) is 3.87. The Morgan fingerprint density at radius 3 is 2.48 bits per heavy atom. The fraction of sp³-hybridized carbons (Fsp3) is 0.429. The molecule has 0 aliphatic carbocycles. The van der Waals surface area contributed by atoms with E-state index >= 15 is 0 Å². The van der Waals surface area contributed by atoms with Gasteiger partial charge in [-0.15, -0.1) is 0 Å². The summed E-state index contributed by atoms with van der Waals surface area (Å²) in [6.45, 7) is 5.52. The van der Waals surface area contributed by atoms with E-state index in [9.17, 15) is 5.11 Å². The highest BCUT2D eigenvalue weighted by Crippen LogP contribution is 2.33. The maximum atomic E-state index is 10.7. The number of aliphatic hydroxyl groups excluding tert-OH is 1. The first-order valence-corrected chi connectivity index (χ1v) is 9.88. The Kier molecular flexibility index (Phi) is 5.72. The molecule has 2 aromatic carbocycles. The van der Waals surface area contributed by atoms with Crippen LogP contribution in [0, 0.1) is 0 Å². The Bertz CT molecular complexity index is 778. The van der Waals surface area contributed by atoms with Crippen LogP contribution >= 0.6 is 11.6 Å². The van der Waals surface area contributed by atoms with E-state index in [4.69, 9.17) is 21.1 Å². The number of rotatable bonds is 4. The molecule has 0 spiro atoms. The van der Waals surface area contributed by atoms with Gasteiger partial charge in [0.2, 0.25) is 0 Å². The Hall–Kier alpha value is -1.95. The Morgan fingerprint density at radius 1 is 0.963 bits per heavy atom. The highest BCUT2D eigenvalue weighted by molar-refractivity contribution is 6.33. The monoisotopic (exact) mass is 388 g/mol. The lowest BCUT2D eigenvalue weighted by Crippen LogP contribution is -2.47. The summed E-state index contributed by atoms with van der Waals surface area (Å²) in [6.07, 6.45) is 0.330. The van der Waals surface area contributed by atoms with Gasteiger partial charge in [0.25, 0.3) is 0 Å². The third kappa shape index (κ3) is 4.32. The van der Waals surface area contributed by atoms with E-state index in [-0.39, 0.29) is 0 Å². The smallest absolute Gasteiger partial charge is 0.161 e. The van der Waals surface area contributed by atoms with Gasteiger partial charge in [0.05, 0.1) is 30.0 Å². The minimum atomic E-state index is -0.547. The number of anilines is 1. The zero-order valence-electron chi connectivity index (χ0n) is 15.3. The maximum absolute atomic E-state index is 10.7. The van der Waals surface area contributed by atoms with Gasteiger partial charge in [-0.2, -0.15) is 0 Å². The Balaban J connectivity index is 1.35. The molecular weight excluding hydrogens is 364 g/mol. The molecule has 2 aromatic rings. The summed E-state index contributed by atoms with van der Waals surface area (Å²) in [5.74, 6) is 1.49. The van der Waals surface area contributed by atoms with Crippen LogP contribution in [0.3, 0.4) is 0 Å². The number of para-hydroxylation sites is 1. The quantitative estimate of drug-likeness (QED) is 0.870. The standard InChI is InChI=1S/C21H25ClN2O3/c22-17-4-1-2-5-18(17)24-10-8-23(9-11-24)15-19(25)16-6-7-20-21(14-16)27-13-3-12-26-20/h1-2,4-7,14,19,25H,3,8-13,15H2/t19-/m0/s1. The van der Waals surface area contributed by atoms with Crippen LogP contribution in [0.15, 0.2) is 42.5 Å². The van der Waals surface area contributed by atoms with Crippen molar-refractivity contribution in [2.75, 3.05) is 50.8 Å². The molecule has 1 atom stereocenters. The lowest BCUT2D eigenvalue weighted by atomic mass is 10.1. The van der Waals surface area contributed by atoms with E-state index in [1.807, 2.05) is 36.4 Å². The number of halogens is 1. The first kappa shape index (κ1) is 18.4. The van der Waals surface area contributed by atoms with Crippen molar-refractivity contribution in [2.45, 2.75) is 12.5 Å². The summed E-state index contributed by atoms with van der Waals surface area (Å²) in [6, 6.07) is 13.7. The molecule has 0 saturated carbocycles. The van der Waals surface area contributed by atoms with Crippen molar-refractivity contribution >= 4 is 17.3 Å². The van der Waals surface area contributed by atoms with Gasteiger partial charge >= 0.3 is 0 Å². The number of hydrogen-bond donors (Lipinski definition) is 1. The lowest BCUT2D eigenvalue weighted by molar-refractivity contribution is 0.109. The molecule has 1 N–H and O–H groups in total. The lowest BCUT2D eigenvalue weighted by Gasteiger charge is -2.37. The van der Waals surface area contributed by atoms with E-state index in [0.717, 1.165) is 60.4 Å². The normalized spacial score (nSPS) is 18.8. The molecule has 2 aliphatic rings. The van der Waals surface area contributed by atoms with Gasteiger partial charge in [0.1, 0.15) is 0 Å². The Labute approximate surface area is 165 Å². The maximum Gasteiger partial charge on any atom is 0.161 e. The summed E-state index contributed by atoms with van der Waals surface area (Å²) in [7, 11) is 0. The molecule has 27 heavy (non-hydrogen) atoms. The number of nitrogens with zero attached hydrogens (tertiary/aromatic N) is 2. The summed E-state index contributed by atoms with van der Waals surface area (Å²) in [4.78, 5) is 4.60. The van der Waals surface area contributed by atoms with Crippen LogP contribution in [-0.4, -0.2) is 55.9 Å². The topological polar surface area (TPSA) is 45.2 Å². The molecule has 6 heteroatoms. The summed E-state index contributed by atoms with van der Waals surface area (Å²) >= 11 is 6.31. The van der Waals surface area contributed by atoms with E-state index in [1.165, 1.54) is 0 Å². The van der Waals surface area contributed by atoms with Crippen LogP contribution in [0.2, 0.25) is 5.02 Å². The molecule has 5 nitrogen and oxygen atoms in total. The highest BCUT2D eigenvalue weighted by atomic mass is 35.5. The summed E-state index contributed by atoms with van der Waals surface area (Å²) < 4.78 is 11.4. The first-order valence-electron chi connectivity index (χ1n) is 9.50. The van der Waals surface area contributed by atoms with Gasteiger partial charge in [-0.1, -0.05) is 29.8 Å². The van der Waals surface area contributed by atoms with Gasteiger partial charge < -0.3 is 19.5 Å². The third-order valence-corrected chi connectivity index (χ3v) is 5.47. The molecule has 2 heterocycles. The zero-order valence-corrected chi connectivity index (χ0v) is 16.1. The van der Waals surface area contributed by atoms with E-state index in [0.29, 0.717) is 19.8 Å². The van der Waals surface area contributed by atoms with Gasteiger partial charge in [-0.3, -0.25) is 4.90 Å². The van der Waals surface area contributed by atoms with Crippen LogP contribution in [0.25, 0.3) is 0 Å². The van der Waals surface area contributed by atoms with Crippen molar-refractivity contribution in [3.8, 4) is 11.5 Å². The molecule has 0 unspecified atom stereocenters. The van der Waals surface area contributed by atoms with Gasteiger partial charge in [-0.05, 0) is 29.8 Å². The summed E-state index contributed by atoms with van der Waals surface area (Å²) in [5.41, 5.74) is 1.95. The van der Waals surface area contributed by atoms with Gasteiger partial charge in [0.15, 0.2) is 11.5 Å². The molecule has 1 fully saturated rings. The molecular formula is C21H25ClN2O3. The molecule has 0 aromatic heterocycles.